The molecule has 33 heavy (non-hydrogen) atoms. The number of rotatable bonds is 5. The van der Waals surface area contributed by atoms with E-state index in [2.05, 4.69) is 15.6 Å². The van der Waals surface area contributed by atoms with Gasteiger partial charge in [0, 0.05) is 16.9 Å². The number of aromatic nitrogens is 2. The van der Waals surface area contributed by atoms with E-state index in [0.717, 1.165) is 22.3 Å². The summed E-state index contributed by atoms with van der Waals surface area (Å²) >= 11 is 0. The molecular formula is C26H20N4O3. The molecule has 0 unspecified atom stereocenters. The van der Waals surface area contributed by atoms with Crippen molar-refractivity contribution in [1.82, 2.24) is 9.55 Å². The number of carbonyl (C=O) groups is 2. The van der Waals surface area contributed by atoms with Crippen LogP contribution in [0.5, 0.6) is 0 Å². The molecule has 3 aromatic carbocycles. The van der Waals surface area contributed by atoms with Gasteiger partial charge < -0.3 is 9.73 Å². The average molecular weight is 436 g/mol. The summed E-state index contributed by atoms with van der Waals surface area (Å²) in [5.74, 6) is -0.113. The van der Waals surface area contributed by atoms with Gasteiger partial charge in [-0.1, -0.05) is 36.4 Å². The summed E-state index contributed by atoms with van der Waals surface area (Å²) in [5.41, 5.74) is 4.28. The van der Waals surface area contributed by atoms with Gasteiger partial charge in [-0.15, -0.1) is 0 Å². The maximum absolute atomic E-state index is 13.2. The van der Waals surface area contributed by atoms with E-state index in [9.17, 15) is 9.59 Å². The van der Waals surface area contributed by atoms with E-state index >= 15 is 0 Å². The predicted molar refractivity (Wildman–Crippen MR) is 127 cm³/mol. The molecule has 2 heterocycles. The number of carbonyl (C=O) groups excluding carboxylic acids is 2. The summed E-state index contributed by atoms with van der Waals surface area (Å²) in [5, 5.41) is 5.72. The highest BCUT2D eigenvalue weighted by atomic mass is 16.3. The van der Waals surface area contributed by atoms with E-state index in [4.69, 9.17) is 4.42 Å². The number of amides is 2. The first-order valence-corrected chi connectivity index (χ1v) is 10.4. The van der Waals surface area contributed by atoms with Crippen LogP contribution in [0.4, 0.5) is 11.6 Å². The highest BCUT2D eigenvalue weighted by molar-refractivity contribution is 6.07. The van der Waals surface area contributed by atoms with Gasteiger partial charge in [0.15, 0.2) is 5.76 Å². The maximum Gasteiger partial charge on any atom is 0.291 e. The van der Waals surface area contributed by atoms with E-state index < -0.39 is 0 Å². The maximum atomic E-state index is 13.2. The van der Waals surface area contributed by atoms with Crippen molar-refractivity contribution in [1.29, 1.82) is 0 Å². The van der Waals surface area contributed by atoms with Crippen LogP contribution in [0.15, 0.2) is 95.6 Å². The lowest BCUT2D eigenvalue weighted by Crippen LogP contribution is -2.17. The molecule has 0 aliphatic carbocycles. The Balaban J connectivity index is 1.46. The third-order valence-corrected chi connectivity index (χ3v) is 5.29. The first kappa shape index (κ1) is 20.3. The van der Waals surface area contributed by atoms with Crippen molar-refractivity contribution in [2.45, 2.75) is 6.92 Å². The van der Waals surface area contributed by atoms with Crippen molar-refractivity contribution in [2.75, 3.05) is 10.6 Å². The molecule has 5 aromatic rings. The number of hydrogen-bond donors (Lipinski definition) is 2. The van der Waals surface area contributed by atoms with Crippen molar-refractivity contribution in [2.24, 2.45) is 0 Å². The zero-order valence-electron chi connectivity index (χ0n) is 17.8. The van der Waals surface area contributed by atoms with E-state index in [-0.39, 0.29) is 17.6 Å². The van der Waals surface area contributed by atoms with Crippen LogP contribution in [-0.4, -0.2) is 21.4 Å². The van der Waals surface area contributed by atoms with Crippen LogP contribution in [0.3, 0.4) is 0 Å². The van der Waals surface area contributed by atoms with Crippen LogP contribution in [0.25, 0.3) is 16.7 Å². The van der Waals surface area contributed by atoms with E-state index in [0.29, 0.717) is 17.2 Å². The lowest BCUT2D eigenvalue weighted by molar-refractivity contribution is 0.0993. The molecule has 0 saturated carbocycles. The molecule has 0 radical (unpaired) electrons. The standard InChI is InChI=1S/C26H20N4O3/c1-17-13-14-18(16-21(17)27-25(32)23-12-7-15-33-23)24(31)29-26-28-20-10-5-6-11-22(20)30(26)19-8-3-2-4-9-19/h2-16H,1H3,(H,27,32)(H,28,29,31). The number of furan rings is 1. The molecule has 0 aliphatic rings. The topological polar surface area (TPSA) is 89.2 Å². The van der Waals surface area contributed by atoms with Crippen molar-refractivity contribution >= 4 is 34.5 Å². The van der Waals surface area contributed by atoms with Crippen molar-refractivity contribution < 1.29 is 14.0 Å². The quantitative estimate of drug-likeness (QED) is 0.384. The van der Waals surface area contributed by atoms with Gasteiger partial charge in [0.25, 0.3) is 11.8 Å². The number of nitrogens with one attached hydrogen (secondary N) is 2. The number of hydrogen-bond acceptors (Lipinski definition) is 4. The first-order chi connectivity index (χ1) is 16.1. The number of nitrogens with zero attached hydrogens (tertiary/aromatic N) is 2. The van der Waals surface area contributed by atoms with Crippen molar-refractivity contribution in [3.8, 4) is 5.69 Å². The molecule has 5 rings (SSSR count). The molecular weight excluding hydrogens is 416 g/mol. The van der Waals surface area contributed by atoms with Gasteiger partial charge in [0.2, 0.25) is 5.95 Å². The summed E-state index contributed by atoms with van der Waals surface area (Å²) in [6.45, 7) is 1.86. The van der Waals surface area contributed by atoms with Gasteiger partial charge >= 0.3 is 0 Å². The SMILES string of the molecule is Cc1ccc(C(=O)Nc2nc3ccccc3n2-c2ccccc2)cc1NC(=O)c1ccco1. The lowest BCUT2D eigenvalue weighted by atomic mass is 10.1. The first-order valence-electron chi connectivity index (χ1n) is 10.4. The van der Waals surface area contributed by atoms with E-state index in [1.54, 1.807) is 30.3 Å². The van der Waals surface area contributed by atoms with E-state index in [1.165, 1.54) is 6.26 Å². The molecule has 0 aliphatic heterocycles. The molecule has 0 spiro atoms. The van der Waals surface area contributed by atoms with Gasteiger partial charge in [-0.05, 0) is 61.0 Å². The van der Waals surface area contributed by atoms with Gasteiger partial charge in [-0.2, -0.15) is 0 Å². The zero-order valence-corrected chi connectivity index (χ0v) is 17.8. The predicted octanol–water partition coefficient (Wildman–Crippen LogP) is 5.43. The van der Waals surface area contributed by atoms with E-state index in [1.807, 2.05) is 66.1 Å². The van der Waals surface area contributed by atoms with Crippen LogP contribution in [0.1, 0.15) is 26.5 Å². The van der Waals surface area contributed by atoms with Crippen LogP contribution in [0.2, 0.25) is 0 Å². The van der Waals surface area contributed by atoms with Gasteiger partial charge in [0.1, 0.15) is 0 Å². The summed E-state index contributed by atoms with van der Waals surface area (Å²) in [6, 6.07) is 25.8. The molecule has 7 nitrogen and oxygen atoms in total. The minimum absolute atomic E-state index is 0.195. The molecule has 2 amide bonds. The number of para-hydroxylation sites is 3. The van der Waals surface area contributed by atoms with Crippen molar-refractivity contribution in [3.05, 3.63) is 108 Å². The Morgan fingerprint density at radius 1 is 0.848 bits per heavy atom. The Labute approximate surface area is 189 Å². The average Bonchev–Trinajstić information content (AvgIpc) is 3.49. The van der Waals surface area contributed by atoms with Crippen molar-refractivity contribution in [3.63, 3.8) is 0 Å². The second-order valence-electron chi connectivity index (χ2n) is 7.51. The number of fused-ring (bicyclic) bond motifs is 1. The third kappa shape index (κ3) is 3.99. The second kappa shape index (κ2) is 8.47. The lowest BCUT2D eigenvalue weighted by Gasteiger charge is -2.12. The molecule has 0 atom stereocenters. The van der Waals surface area contributed by atoms with Gasteiger partial charge in [-0.25, -0.2) is 4.98 Å². The Bertz CT molecular complexity index is 1450. The Morgan fingerprint density at radius 2 is 1.64 bits per heavy atom. The molecule has 0 fully saturated rings. The Kier molecular flexibility index (Phi) is 5.20. The fourth-order valence-electron chi connectivity index (χ4n) is 3.61. The zero-order chi connectivity index (χ0) is 22.8. The van der Waals surface area contributed by atoms with Gasteiger partial charge in [0.05, 0.1) is 17.3 Å². The molecule has 0 saturated heterocycles. The normalized spacial score (nSPS) is 10.8. The highest BCUT2D eigenvalue weighted by Gasteiger charge is 2.17. The Hall–Kier alpha value is -4.65. The largest absolute Gasteiger partial charge is 0.459 e. The van der Waals surface area contributed by atoms with Crippen LogP contribution in [-0.2, 0) is 0 Å². The minimum atomic E-state index is -0.383. The van der Waals surface area contributed by atoms with Gasteiger partial charge in [-0.3, -0.25) is 19.5 Å². The fourth-order valence-corrected chi connectivity index (χ4v) is 3.61. The number of benzene rings is 3. The monoisotopic (exact) mass is 436 g/mol. The second-order valence-corrected chi connectivity index (χ2v) is 7.51. The molecule has 7 heteroatoms. The summed E-state index contributed by atoms with van der Waals surface area (Å²) in [7, 11) is 0. The third-order valence-electron chi connectivity index (χ3n) is 5.29. The molecule has 2 N–H and O–H groups in total. The summed E-state index contributed by atoms with van der Waals surface area (Å²) in [4.78, 5) is 30.2. The Morgan fingerprint density at radius 3 is 2.42 bits per heavy atom. The summed E-state index contributed by atoms with van der Waals surface area (Å²) in [6.07, 6.45) is 1.43. The highest BCUT2D eigenvalue weighted by Crippen LogP contribution is 2.25. The molecule has 2 aromatic heterocycles. The smallest absolute Gasteiger partial charge is 0.291 e. The fraction of sp³-hybridized carbons (Fsp3) is 0.0385. The minimum Gasteiger partial charge on any atom is -0.459 e. The van der Waals surface area contributed by atoms with Crippen LogP contribution in [0, 0.1) is 6.92 Å². The van der Waals surface area contributed by atoms with Crippen LogP contribution < -0.4 is 10.6 Å². The summed E-state index contributed by atoms with van der Waals surface area (Å²) < 4.78 is 7.05. The molecule has 0 bridgehead atoms. The number of aryl methyl sites for hydroxylation is 1. The number of imidazole rings is 1. The van der Waals surface area contributed by atoms with Crippen LogP contribution >= 0.6 is 0 Å². The number of anilines is 2. The molecule has 162 valence electrons.